The summed E-state index contributed by atoms with van der Waals surface area (Å²) in [6.07, 6.45) is 0. The molecule has 0 radical (unpaired) electrons. The SMILES string of the molecule is [2H]c1cc2c(c([2H])c1[2H])-c1c(cc([2H])c([2H])c1[2H])C21c2c([2H])c([2H])c([2H])c([2H])c2-c2c(N(c3c([2H])c([2H])c(-c4c([2H])c([2H])c([2H])c([2H])c4[2H])c([2H])c3[2H])c3c([2H])c([2H])c([2H])c4c3-c3c([2H])c([2H])c([2H])c([2H])c3C43c4c([2H])c([2H])c([2H])c([2H])c4-c4c([2H])c([2H])c([2H])c([2H])c43)c([2H])c([2H])c([2H])c21. The molecule has 0 heterocycles. The van der Waals surface area contributed by atoms with Crippen LogP contribution in [-0.4, -0.2) is 0 Å². The Morgan fingerprint density at radius 2 is 0.619 bits per heavy atom. The molecule has 0 atom stereocenters. The lowest BCUT2D eigenvalue weighted by atomic mass is 9.70. The van der Waals surface area contributed by atoms with Crippen LogP contribution in [0.3, 0.4) is 0 Å². The Kier molecular flexibility index (Phi) is 2.95. The molecule has 0 bridgehead atoms. The summed E-state index contributed by atoms with van der Waals surface area (Å²) >= 11 is 0. The average Bonchev–Trinajstić information content (AvgIpc) is 1.48. The van der Waals surface area contributed by atoms with Crippen molar-refractivity contribution in [2.45, 2.75) is 10.8 Å². The third kappa shape index (κ3) is 4.31. The van der Waals surface area contributed by atoms with Crippen LogP contribution < -0.4 is 4.90 Å². The van der Waals surface area contributed by atoms with Crippen LogP contribution in [0.5, 0.6) is 0 Å². The van der Waals surface area contributed by atoms with E-state index in [0.717, 1.165) is 12.1 Å². The molecule has 0 aromatic heterocycles. The molecular formula is C62H39N. The zero-order chi connectivity index (χ0) is 73.5. The fourth-order valence-electron chi connectivity index (χ4n) is 9.79. The van der Waals surface area contributed by atoms with Gasteiger partial charge in [0.2, 0.25) is 0 Å². The van der Waals surface area contributed by atoms with Crippen LogP contribution in [0.4, 0.5) is 17.1 Å². The molecule has 0 fully saturated rings. The van der Waals surface area contributed by atoms with E-state index in [1.54, 1.807) is 0 Å². The topological polar surface area (TPSA) is 3.24 Å². The third-order valence-electron chi connectivity index (χ3n) is 12.0. The Morgan fingerprint density at radius 3 is 1.11 bits per heavy atom. The van der Waals surface area contributed by atoms with Crippen molar-refractivity contribution in [3.05, 3.63) is 280 Å². The average molecular weight is 835 g/mol. The van der Waals surface area contributed by atoms with Gasteiger partial charge in [-0.15, -0.1) is 0 Å². The Morgan fingerprint density at radius 1 is 0.270 bits per heavy atom. The predicted octanol–water partition coefficient (Wildman–Crippen LogP) is 15.5. The van der Waals surface area contributed by atoms with Crippen LogP contribution in [0.2, 0.25) is 0 Å². The Balaban J connectivity index is 1.31. The molecule has 63 heavy (non-hydrogen) atoms. The maximum Gasteiger partial charge on any atom is 0.0726 e. The molecule has 0 saturated carbocycles. The summed E-state index contributed by atoms with van der Waals surface area (Å²) in [5.74, 6) is 0. The lowest BCUT2D eigenvalue weighted by Gasteiger charge is -2.33. The summed E-state index contributed by atoms with van der Waals surface area (Å²) < 4.78 is 352. The number of fused-ring (bicyclic) bond motifs is 20. The zero-order valence-corrected chi connectivity index (χ0v) is 31.6. The van der Waals surface area contributed by atoms with Crippen molar-refractivity contribution < 1.29 is 50.7 Å². The number of anilines is 3. The van der Waals surface area contributed by atoms with Gasteiger partial charge >= 0.3 is 0 Å². The van der Waals surface area contributed by atoms with Gasteiger partial charge in [0.25, 0.3) is 0 Å². The maximum absolute atomic E-state index is 10.4. The van der Waals surface area contributed by atoms with Gasteiger partial charge in [-0.1, -0.05) is 212 Å². The standard InChI is InChI=1S/C62H39N/c1-2-18-40(19-3-1)41-36-38-42(39-37-41)63(57-34-16-32-55-59(57)47-24-8-14-30-53(47)61(55)49-26-10-4-20-43(49)44-21-5-11-27-50(44)61)58-35-17-33-56-60(58)48-25-9-15-31-54(48)62(56)51-28-12-6-22-45(51)46-23-7-13-29-52(46)62/h1-39H/i1D,2D,3D,4D,5D,6D,7D,8D,9D,10D,11D,12D,13D,14D,15D,16D,17D,18D,19D,20D,21D,22D,23D,24D,25D,26D,27D,30D,31D,32D,33D,34D,35D,36D,37D,38D,39D. The fourth-order valence-corrected chi connectivity index (χ4v) is 9.79. The van der Waals surface area contributed by atoms with E-state index < -0.39 is 352 Å². The summed E-state index contributed by atoms with van der Waals surface area (Å²) in [5.41, 5.74) is -23.7. The van der Waals surface area contributed by atoms with Crippen molar-refractivity contribution in [1.82, 2.24) is 0 Å². The molecule has 0 aliphatic heterocycles. The second kappa shape index (κ2) is 12.8. The van der Waals surface area contributed by atoms with E-state index in [9.17, 15) is 35.6 Å². The molecular weight excluding hydrogens is 759 g/mol. The van der Waals surface area contributed by atoms with E-state index in [1.807, 2.05) is 0 Å². The normalized spacial score (nSPS) is 22.5. The molecule has 0 saturated heterocycles. The highest BCUT2D eigenvalue weighted by Gasteiger charge is 2.54. The first-order chi connectivity index (χ1) is 46.6. The van der Waals surface area contributed by atoms with Crippen molar-refractivity contribution in [3.8, 4) is 55.6 Å². The van der Waals surface area contributed by atoms with E-state index in [4.69, 9.17) is 15.1 Å². The predicted molar refractivity (Wildman–Crippen MR) is 259 cm³/mol. The highest BCUT2D eigenvalue weighted by molar-refractivity contribution is 6.05. The first-order valence-electron chi connectivity index (χ1n) is 37.6. The molecule has 1 heteroatoms. The van der Waals surface area contributed by atoms with Gasteiger partial charge in [-0.2, -0.15) is 0 Å². The molecule has 0 N–H and O–H groups in total. The summed E-state index contributed by atoms with van der Waals surface area (Å²) in [5, 5.41) is 0. The van der Waals surface area contributed by atoms with Gasteiger partial charge in [0.15, 0.2) is 0 Å². The molecule has 0 unspecified atom stereocenters. The molecule has 4 aliphatic rings. The van der Waals surface area contributed by atoms with Crippen molar-refractivity contribution >= 4 is 17.1 Å². The first-order valence-corrected chi connectivity index (χ1v) is 19.1. The van der Waals surface area contributed by atoms with Gasteiger partial charge in [0.05, 0.1) is 72.9 Å². The molecule has 292 valence electrons. The van der Waals surface area contributed by atoms with Crippen LogP contribution >= 0.6 is 0 Å². The van der Waals surface area contributed by atoms with Gasteiger partial charge in [-0.3, -0.25) is 0 Å². The van der Waals surface area contributed by atoms with Crippen molar-refractivity contribution in [3.63, 3.8) is 0 Å². The summed E-state index contributed by atoms with van der Waals surface area (Å²) in [6.45, 7) is 0. The summed E-state index contributed by atoms with van der Waals surface area (Å²) in [4.78, 5) is 0.406. The highest BCUT2D eigenvalue weighted by Crippen LogP contribution is 2.67. The molecule has 0 amide bonds. The summed E-state index contributed by atoms with van der Waals surface area (Å²) in [7, 11) is 0. The summed E-state index contributed by atoms with van der Waals surface area (Å²) in [6, 6.07) is -38.7. The lowest BCUT2D eigenvalue weighted by Crippen LogP contribution is -2.26. The minimum atomic E-state index is -3.15. The fraction of sp³-hybridized carbons (Fsp3) is 0.0323. The van der Waals surface area contributed by atoms with Gasteiger partial charge in [0, 0.05) is 16.8 Å². The van der Waals surface area contributed by atoms with Crippen LogP contribution in [0.1, 0.15) is 95.2 Å². The Bertz CT molecular complexity index is 5530. The third-order valence-corrected chi connectivity index (χ3v) is 12.0. The number of rotatable bonds is 4. The van der Waals surface area contributed by atoms with E-state index in [0.29, 0.717) is 4.90 Å². The largest absolute Gasteiger partial charge is 0.309 e. The van der Waals surface area contributed by atoms with Crippen LogP contribution in [0.15, 0.2) is 236 Å². The van der Waals surface area contributed by atoms with E-state index in [-0.39, 0.29) is 0 Å². The van der Waals surface area contributed by atoms with E-state index in [1.165, 1.54) is 0 Å². The highest BCUT2D eigenvalue weighted by atomic mass is 15.1. The number of hydrogen-bond acceptors (Lipinski definition) is 1. The molecule has 2 spiro atoms. The van der Waals surface area contributed by atoms with Crippen molar-refractivity contribution in [1.29, 1.82) is 0 Å². The minimum absolute atomic E-state index is 0.406. The van der Waals surface area contributed by atoms with Gasteiger partial charge < -0.3 is 4.90 Å². The zero-order valence-electron chi connectivity index (χ0n) is 68.6. The van der Waals surface area contributed by atoms with Gasteiger partial charge in [-0.05, 0) is 113 Å². The van der Waals surface area contributed by atoms with Gasteiger partial charge in [-0.25, -0.2) is 0 Å². The quantitative estimate of drug-likeness (QED) is 0.171. The van der Waals surface area contributed by atoms with Crippen LogP contribution in [0, 0.1) is 0 Å². The van der Waals surface area contributed by atoms with Crippen LogP contribution in [-0.2, 0) is 10.8 Å². The second-order valence-electron chi connectivity index (χ2n) is 14.7. The monoisotopic (exact) mass is 835 g/mol. The minimum Gasteiger partial charge on any atom is -0.309 e. The molecule has 10 aromatic rings. The van der Waals surface area contributed by atoms with E-state index in [2.05, 4.69) is 0 Å². The smallest absolute Gasteiger partial charge is 0.0726 e. The Labute approximate surface area is 419 Å². The van der Waals surface area contributed by atoms with E-state index >= 15 is 0 Å². The van der Waals surface area contributed by atoms with Crippen molar-refractivity contribution in [2.24, 2.45) is 0 Å². The molecule has 1 nitrogen and oxygen atoms in total. The number of benzene rings is 10. The maximum atomic E-state index is 10.4. The lowest BCUT2D eigenvalue weighted by molar-refractivity contribution is 0.793. The molecule has 4 aliphatic carbocycles. The number of hydrogen-bond donors (Lipinski definition) is 0. The van der Waals surface area contributed by atoms with Crippen molar-refractivity contribution in [2.75, 3.05) is 4.90 Å². The van der Waals surface area contributed by atoms with Gasteiger partial charge in [0.1, 0.15) is 0 Å². The number of nitrogens with zero attached hydrogens (tertiary/aromatic N) is 1. The second-order valence-corrected chi connectivity index (χ2v) is 14.7. The molecule has 10 aromatic carbocycles. The first kappa shape index (κ1) is 14.5. The van der Waals surface area contributed by atoms with Crippen LogP contribution in [0.25, 0.3) is 55.6 Å². The molecule has 14 rings (SSSR count). The Hall–Kier alpha value is -8.00.